The molecule has 0 aliphatic carbocycles. The van der Waals surface area contributed by atoms with Gasteiger partial charge in [0, 0.05) is 6.54 Å². The molecule has 0 saturated heterocycles. The van der Waals surface area contributed by atoms with E-state index in [1.54, 1.807) is 0 Å². The Morgan fingerprint density at radius 1 is 1.00 bits per heavy atom. The van der Waals surface area contributed by atoms with Gasteiger partial charge in [-0.15, -0.1) is 0 Å². The minimum atomic E-state index is 0.0385. The first-order valence-corrected chi connectivity index (χ1v) is 6.89. The minimum absolute atomic E-state index is 0.0385. The van der Waals surface area contributed by atoms with Crippen LogP contribution in [0.2, 0.25) is 0 Å². The van der Waals surface area contributed by atoms with Crippen LogP contribution in [0, 0.1) is 0 Å². The molecule has 0 amide bonds. The van der Waals surface area contributed by atoms with Gasteiger partial charge >= 0.3 is 0 Å². The van der Waals surface area contributed by atoms with Gasteiger partial charge in [0.25, 0.3) is 0 Å². The van der Waals surface area contributed by atoms with Gasteiger partial charge in [0.1, 0.15) is 0 Å². The van der Waals surface area contributed by atoms with E-state index in [0.29, 0.717) is 0 Å². The molecule has 20 heavy (non-hydrogen) atoms. The van der Waals surface area contributed by atoms with Gasteiger partial charge in [-0.1, -0.05) is 72.8 Å². The van der Waals surface area contributed by atoms with E-state index < -0.39 is 0 Å². The maximum Gasteiger partial charge on any atom is 0.0628 e. The van der Waals surface area contributed by atoms with Crippen LogP contribution >= 0.6 is 0 Å². The number of aliphatic hydroxyl groups is 1. The van der Waals surface area contributed by atoms with E-state index in [2.05, 4.69) is 41.3 Å². The van der Waals surface area contributed by atoms with E-state index in [0.717, 1.165) is 12.1 Å². The van der Waals surface area contributed by atoms with Gasteiger partial charge in [0.15, 0.2) is 0 Å². The fourth-order valence-corrected chi connectivity index (χ4v) is 2.22. The van der Waals surface area contributed by atoms with Crippen molar-refractivity contribution in [2.24, 2.45) is 0 Å². The number of nitrogens with zero attached hydrogens (tertiary/aromatic N) is 1. The highest BCUT2D eigenvalue weighted by Crippen LogP contribution is 2.18. The van der Waals surface area contributed by atoms with E-state index in [9.17, 15) is 5.11 Å². The molecule has 0 aliphatic rings. The molecule has 0 aromatic heterocycles. The van der Waals surface area contributed by atoms with Gasteiger partial charge in [-0.25, -0.2) is 0 Å². The summed E-state index contributed by atoms with van der Waals surface area (Å²) in [6.07, 6.45) is 4.23. The average Bonchev–Trinajstić information content (AvgIpc) is 2.50. The molecule has 0 bridgehead atoms. The summed E-state index contributed by atoms with van der Waals surface area (Å²) >= 11 is 0. The average molecular weight is 267 g/mol. The summed E-state index contributed by atoms with van der Waals surface area (Å²) in [4.78, 5) is 2.15. The standard InChI is InChI=1S/C18H21NO/c1-19(14-8-11-16-9-4-2-5-10-16)18(15-20)17-12-6-3-7-13-17/h2-13,18,20H,14-15H2,1H3/b11-8+/t18-/m1/s1. The molecule has 0 saturated carbocycles. The summed E-state index contributed by atoms with van der Waals surface area (Å²) in [5, 5.41) is 9.60. The van der Waals surface area contributed by atoms with Crippen molar-refractivity contribution in [2.45, 2.75) is 6.04 Å². The third-order valence-corrected chi connectivity index (χ3v) is 3.39. The van der Waals surface area contributed by atoms with Gasteiger partial charge in [-0.2, -0.15) is 0 Å². The van der Waals surface area contributed by atoms with Crippen molar-refractivity contribution in [2.75, 3.05) is 20.2 Å². The van der Waals surface area contributed by atoms with Crippen LogP contribution in [0.3, 0.4) is 0 Å². The van der Waals surface area contributed by atoms with E-state index in [1.807, 2.05) is 43.4 Å². The molecule has 2 heteroatoms. The number of aliphatic hydroxyl groups excluding tert-OH is 1. The highest BCUT2D eigenvalue weighted by Gasteiger charge is 2.14. The molecule has 104 valence electrons. The Morgan fingerprint density at radius 2 is 1.60 bits per heavy atom. The second kappa shape index (κ2) is 7.63. The van der Waals surface area contributed by atoms with Crippen LogP contribution in [-0.2, 0) is 0 Å². The molecule has 0 aliphatic heterocycles. The SMILES string of the molecule is CN(C/C=C/c1ccccc1)[C@H](CO)c1ccccc1. The summed E-state index contributed by atoms with van der Waals surface area (Å²) in [5.74, 6) is 0. The number of hydrogen-bond acceptors (Lipinski definition) is 2. The Morgan fingerprint density at radius 3 is 2.20 bits per heavy atom. The number of hydrogen-bond donors (Lipinski definition) is 1. The molecule has 2 nitrogen and oxygen atoms in total. The zero-order chi connectivity index (χ0) is 14.2. The summed E-state index contributed by atoms with van der Waals surface area (Å²) < 4.78 is 0. The van der Waals surface area contributed by atoms with Crippen molar-refractivity contribution >= 4 is 6.08 Å². The second-order valence-corrected chi connectivity index (χ2v) is 4.86. The molecule has 1 atom stereocenters. The summed E-state index contributed by atoms with van der Waals surface area (Å²) in [6, 6.07) is 20.4. The van der Waals surface area contributed by atoms with Crippen LogP contribution in [0.5, 0.6) is 0 Å². The van der Waals surface area contributed by atoms with Gasteiger partial charge in [0.05, 0.1) is 12.6 Å². The van der Waals surface area contributed by atoms with Crippen molar-refractivity contribution in [3.8, 4) is 0 Å². The fraction of sp³-hybridized carbons (Fsp3) is 0.222. The molecule has 0 fully saturated rings. The first-order chi connectivity index (χ1) is 9.81. The number of rotatable bonds is 6. The van der Waals surface area contributed by atoms with Crippen LogP contribution in [0.25, 0.3) is 6.08 Å². The summed E-state index contributed by atoms with van der Waals surface area (Å²) in [5.41, 5.74) is 2.34. The minimum Gasteiger partial charge on any atom is -0.394 e. The molecular weight excluding hydrogens is 246 g/mol. The maximum absolute atomic E-state index is 9.60. The zero-order valence-electron chi connectivity index (χ0n) is 11.8. The molecule has 2 aromatic rings. The smallest absolute Gasteiger partial charge is 0.0628 e. The van der Waals surface area contributed by atoms with Crippen LogP contribution in [0.15, 0.2) is 66.7 Å². The molecule has 2 rings (SSSR count). The van der Waals surface area contributed by atoms with Crippen LogP contribution < -0.4 is 0 Å². The van der Waals surface area contributed by atoms with Crippen molar-refractivity contribution in [1.82, 2.24) is 4.90 Å². The molecule has 0 heterocycles. The summed E-state index contributed by atoms with van der Waals surface area (Å²) in [6.45, 7) is 0.925. The van der Waals surface area contributed by atoms with E-state index in [-0.39, 0.29) is 12.6 Å². The number of likely N-dealkylation sites (N-methyl/N-ethyl adjacent to an activating group) is 1. The van der Waals surface area contributed by atoms with E-state index in [4.69, 9.17) is 0 Å². The Labute approximate surface area is 121 Å². The predicted molar refractivity (Wildman–Crippen MR) is 84.4 cm³/mol. The third kappa shape index (κ3) is 4.05. The summed E-state index contributed by atoms with van der Waals surface area (Å²) in [7, 11) is 2.03. The highest BCUT2D eigenvalue weighted by molar-refractivity contribution is 5.48. The Hall–Kier alpha value is -1.90. The monoisotopic (exact) mass is 267 g/mol. The van der Waals surface area contributed by atoms with Crippen molar-refractivity contribution in [3.63, 3.8) is 0 Å². The molecular formula is C18H21NO. The van der Waals surface area contributed by atoms with Gasteiger partial charge < -0.3 is 5.11 Å². The topological polar surface area (TPSA) is 23.5 Å². The third-order valence-electron chi connectivity index (χ3n) is 3.39. The largest absolute Gasteiger partial charge is 0.394 e. The zero-order valence-corrected chi connectivity index (χ0v) is 11.8. The van der Waals surface area contributed by atoms with Crippen molar-refractivity contribution < 1.29 is 5.11 Å². The maximum atomic E-state index is 9.60. The lowest BCUT2D eigenvalue weighted by atomic mass is 10.1. The second-order valence-electron chi connectivity index (χ2n) is 4.86. The normalized spacial score (nSPS) is 12.9. The van der Waals surface area contributed by atoms with Gasteiger partial charge in [0.2, 0.25) is 0 Å². The van der Waals surface area contributed by atoms with Gasteiger partial charge in [-0.05, 0) is 18.2 Å². The van der Waals surface area contributed by atoms with Crippen LogP contribution in [0.1, 0.15) is 17.2 Å². The molecule has 2 aromatic carbocycles. The first kappa shape index (κ1) is 14.5. The van der Waals surface area contributed by atoms with Crippen molar-refractivity contribution in [3.05, 3.63) is 77.9 Å². The number of benzene rings is 2. The first-order valence-electron chi connectivity index (χ1n) is 6.89. The Balaban J connectivity index is 1.96. The van der Waals surface area contributed by atoms with Crippen molar-refractivity contribution in [1.29, 1.82) is 0 Å². The lowest BCUT2D eigenvalue weighted by molar-refractivity contribution is 0.159. The van der Waals surface area contributed by atoms with Crippen LogP contribution in [-0.4, -0.2) is 30.2 Å². The molecule has 0 radical (unpaired) electrons. The van der Waals surface area contributed by atoms with Crippen LogP contribution in [0.4, 0.5) is 0 Å². The Kier molecular flexibility index (Phi) is 5.54. The lowest BCUT2D eigenvalue weighted by Crippen LogP contribution is -2.27. The Bertz CT molecular complexity index is 522. The highest BCUT2D eigenvalue weighted by atomic mass is 16.3. The molecule has 0 unspecified atom stereocenters. The quantitative estimate of drug-likeness (QED) is 0.867. The lowest BCUT2D eigenvalue weighted by Gasteiger charge is -2.25. The fourth-order valence-electron chi connectivity index (χ4n) is 2.22. The molecule has 1 N–H and O–H groups in total. The molecule has 0 spiro atoms. The van der Waals surface area contributed by atoms with E-state index >= 15 is 0 Å². The predicted octanol–water partition coefficient (Wildman–Crippen LogP) is 3.37. The van der Waals surface area contributed by atoms with Gasteiger partial charge in [-0.3, -0.25) is 4.90 Å². The van der Waals surface area contributed by atoms with E-state index in [1.165, 1.54) is 5.56 Å².